The molecular weight excluding hydrogens is 302 g/mol. The van der Waals surface area contributed by atoms with Crippen LogP contribution in [0.25, 0.3) is 0 Å². The lowest BCUT2D eigenvalue weighted by Gasteiger charge is -2.71. The van der Waals surface area contributed by atoms with E-state index in [4.69, 9.17) is 20.9 Å². The van der Waals surface area contributed by atoms with Crippen LogP contribution in [0.3, 0.4) is 0 Å². The van der Waals surface area contributed by atoms with Gasteiger partial charge in [0.2, 0.25) is 0 Å². The van der Waals surface area contributed by atoms with Crippen LogP contribution in [0.15, 0.2) is 4.99 Å². The van der Waals surface area contributed by atoms with E-state index in [2.05, 4.69) is 4.99 Å². The van der Waals surface area contributed by atoms with Crippen LogP contribution >= 0.6 is 0 Å². The van der Waals surface area contributed by atoms with Gasteiger partial charge in [-0.2, -0.15) is 0 Å². The van der Waals surface area contributed by atoms with E-state index in [1.54, 1.807) is 0 Å². The summed E-state index contributed by atoms with van der Waals surface area (Å²) < 4.78 is 9.90. The Kier molecular flexibility index (Phi) is 3.08. The fourth-order valence-electron chi connectivity index (χ4n) is 3.71. The second-order valence-electron chi connectivity index (χ2n) is 5.78. The van der Waals surface area contributed by atoms with E-state index in [1.165, 1.54) is 0 Å². The van der Waals surface area contributed by atoms with E-state index in [9.17, 15) is 30.3 Å². The van der Waals surface area contributed by atoms with Crippen LogP contribution in [0, 0.1) is 5.92 Å². The molecule has 4 bridgehead atoms. The number of carbonyl (C=O) groups excluding carboxylic acids is 1. The molecule has 0 aromatic rings. The quantitative estimate of drug-likeness (QED) is 0.126. The SMILES string of the molecule is NC(N)=NC12C(O)C3OC([O-])(OC([C@@H]1C=[OH+])[C@@]3(O)CO)[C@H]2O. The van der Waals surface area contributed by atoms with Crippen molar-refractivity contribution in [2.75, 3.05) is 6.61 Å². The molecule has 0 aromatic heterocycles. The smallest absolute Gasteiger partial charge is 0.290 e. The molecule has 11 nitrogen and oxygen atoms in total. The van der Waals surface area contributed by atoms with Crippen molar-refractivity contribution in [2.24, 2.45) is 22.4 Å². The summed E-state index contributed by atoms with van der Waals surface area (Å²) in [5.74, 6) is -4.77. The predicted molar refractivity (Wildman–Crippen MR) is 66.6 cm³/mol. The number of guanidine groups is 1. The summed E-state index contributed by atoms with van der Waals surface area (Å²) >= 11 is 0. The van der Waals surface area contributed by atoms with Crippen molar-refractivity contribution in [2.45, 2.75) is 41.5 Å². The zero-order chi connectivity index (χ0) is 16.5. The zero-order valence-corrected chi connectivity index (χ0v) is 11.2. The van der Waals surface area contributed by atoms with Crippen molar-refractivity contribution in [1.29, 1.82) is 0 Å². The number of aldehydes is 1. The number of aliphatic hydroxyl groups is 4. The lowest BCUT2D eigenvalue weighted by atomic mass is 9.56. The number of rotatable bonds is 3. The monoisotopic (exact) mass is 319 g/mol. The van der Waals surface area contributed by atoms with E-state index in [0.717, 1.165) is 0 Å². The van der Waals surface area contributed by atoms with Crippen molar-refractivity contribution in [3.8, 4) is 0 Å². The first-order chi connectivity index (χ1) is 10.2. The van der Waals surface area contributed by atoms with Crippen molar-refractivity contribution in [1.82, 2.24) is 0 Å². The highest BCUT2D eigenvalue weighted by atomic mass is 16.9. The Morgan fingerprint density at radius 1 is 1.32 bits per heavy atom. The Morgan fingerprint density at radius 3 is 2.41 bits per heavy atom. The summed E-state index contributed by atoms with van der Waals surface area (Å²) in [5.41, 5.74) is 6.38. The first-order valence-corrected chi connectivity index (χ1v) is 6.51. The number of hydrogen-bond acceptors (Lipinski definition) is 8. The normalized spacial score (nSPS) is 56.0. The molecule has 1 aliphatic carbocycles. The van der Waals surface area contributed by atoms with Crippen molar-refractivity contribution >= 4 is 12.2 Å². The van der Waals surface area contributed by atoms with Crippen molar-refractivity contribution in [3.05, 3.63) is 0 Å². The Hall–Kier alpha value is -1.34. The molecule has 4 fully saturated rings. The Labute approximate surface area is 123 Å². The number of hydrogen-bond donors (Lipinski definition) is 6. The maximum atomic E-state index is 12.5. The van der Waals surface area contributed by atoms with Gasteiger partial charge in [-0.05, 0) is 0 Å². The summed E-state index contributed by atoms with van der Waals surface area (Å²) in [6.45, 7) is -0.923. The van der Waals surface area contributed by atoms with Gasteiger partial charge in [0.25, 0.3) is 6.29 Å². The summed E-state index contributed by atoms with van der Waals surface area (Å²) in [7, 11) is 0. The Bertz CT molecular complexity index is 541. The lowest BCUT2D eigenvalue weighted by Crippen LogP contribution is -2.92. The van der Waals surface area contributed by atoms with Crippen molar-refractivity contribution < 1.29 is 39.8 Å². The molecule has 3 aliphatic heterocycles. The minimum absolute atomic E-state index is 0.505. The second kappa shape index (κ2) is 4.35. The molecule has 9 N–H and O–H groups in total. The molecule has 3 saturated heterocycles. The van der Waals surface area contributed by atoms with Crippen LogP contribution < -0.4 is 16.6 Å². The molecule has 4 aliphatic rings. The third-order valence-corrected chi connectivity index (χ3v) is 4.70. The highest BCUT2D eigenvalue weighted by Gasteiger charge is 2.79. The molecule has 0 amide bonds. The van der Waals surface area contributed by atoms with E-state index in [-0.39, 0.29) is 0 Å². The standard InChI is InChI=1S/C11H16N3O8/c12-8(13)14-10-3(1-15)5-9(19,2-16)6(4(10)17)22-11(20,21-5)7(10)18/h1,3-7,16-19H,2H2,(H4,12,13,14)/q-1/p+1/t3-,4?,5?,6?,7-,9-,10?,11?/m0/s1. The first-order valence-electron chi connectivity index (χ1n) is 6.51. The molecule has 8 atom stereocenters. The van der Waals surface area contributed by atoms with Gasteiger partial charge in [-0.1, -0.05) is 0 Å². The van der Waals surface area contributed by atoms with Crippen LogP contribution in [-0.4, -0.2) is 85.6 Å². The topological polar surface area (TPSA) is 208 Å². The number of aliphatic imine (C=N–C) groups is 1. The number of aliphatic hydroxyl groups excluding tert-OH is 3. The summed E-state index contributed by atoms with van der Waals surface area (Å²) in [6, 6.07) is 0. The molecule has 4 rings (SSSR count). The molecule has 1 saturated carbocycles. The number of nitrogens with two attached hydrogens (primary N) is 2. The zero-order valence-electron chi connectivity index (χ0n) is 11.2. The minimum atomic E-state index is -2.85. The number of ether oxygens (including phenoxy) is 2. The fraction of sp³-hybridized carbons (Fsp3) is 0.818. The molecule has 0 aromatic carbocycles. The molecular formula is C11H17N3O8. The maximum absolute atomic E-state index is 12.5. The van der Waals surface area contributed by atoms with Crippen LogP contribution in [0.5, 0.6) is 0 Å². The molecule has 0 spiro atoms. The van der Waals surface area contributed by atoms with Crippen LogP contribution in [-0.2, 0) is 9.47 Å². The van der Waals surface area contributed by atoms with Gasteiger partial charge in [0.05, 0.1) is 6.61 Å². The molecule has 0 radical (unpaired) electrons. The minimum Gasteiger partial charge on any atom is -0.805 e. The van der Waals surface area contributed by atoms with E-state index in [0.29, 0.717) is 6.29 Å². The fourth-order valence-corrected chi connectivity index (χ4v) is 3.71. The lowest BCUT2D eigenvalue weighted by molar-refractivity contribution is -0.705. The molecule has 124 valence electrons. The third-order valence-electron chi connectivity index (χ3n) is 4.70. The average Bonchev–Trinajstić information content (AvgIpc) is 2.45. The highest BCUT2D eigenvalue weighted by molar-refractivity contribution is 5.77. The van der Waals surface area contributed by atoms with E-state index < -0.39 is 60.0 Å². The third kappa shape index (κ3) is 1.48. The van der Waals surface area contributed by atoms with Crippen molar-refractivity contribution in [3.63, 3.8) is 0 Å². The molecule has 5 unspecified atom stereocenters. The number of nitrogens with zero attached hydrogens (tertiary/aromatic N) is 1. The molecule has 3 heterocycles. The maximum Gasteiger partial charge on any atom is 0.290 e. The summed E-state index contributed by atoms with van der Waals surface area (Å²) in [5, 5.41) is 53.2. The van der Waals surface area contributed by atoms with Gasteiger partial charge in [-0.15, -0.1) is 0 Å². The van der Waals surface area contributed by atoms with Crippen LogP contribution in [0.1, 0.15) is 0 Å². The Balaban J connectivity index is 2.25. The van der Waals surface area contributed by atoms with Gasteiger partial charge in [0.15, 0.2) is 5.96 Å². The van der Waals surface area contributed by atoms with Crippen LogP contribution in [0.4, 0.5) is 0 Å². The van der Waals surface area contributed by atoms with Gasteiger partial charge in [-0.3, -0.25) is 4.79 Å². The Morgan fingerprint density at radius 2 is 1.91 bits per heavy atom. The molecule has 11 heteroatoms. The summed E-state index contributed by atoms with van der Waals surface area (Å²) in [4.78, 5) is 13.3. The largest absolute Gasteiger partial charge is 0.805 e. The van der Waals surface area contributed by atoms with Gasteiger partial charge >= 0.3 is 0 Å². The molecule has 22 heavy (non-hydrogen) atoms. The highest BCUT2D eigenvalue weighted by Crippen LogP contribution is 2.57. The predicted octanol–water partition coefficient (Wildman–Crippen LogP) is -5.94. The van der Waals surface area contributed by atoms with Crippen LogP contribution in [0.2, 0.25) is 0 Å². The average molecular weight is 319 g/mol. The van der Waals surface area contributed by atoms with E-state index in [1.807, 2.05) is 0 Å². The van der Waals surface area contributed by atoms with Gasteiger partial charge in [0, 0.05) is 0 Å². The van der Waals surface area contributed by atoms with Gasteiger partial charge in [0.1, 0.15) is 47.4 Å². The van der Waals surface area contributed by atoms with E-state index >= 15 is 0 Å². The second-order valence-corrected chi connectivity index (χ2v) is 5.78. The van der Waals surface area contributed by atoms with Gasteiger partial charge < -0.3 is 46.5 Å². The summed E-state index contributed by atoms with van der Waals surface area (Å²) in [6.07, 6.45) is -6.45. The van der Waals surface area contributed by atoms with Gasteiger partial charge in [-0.25, -0.2) is 4.99 Å². The first kappa shape index (κ1) is 15.6.